The molecule has 0 aliphatic rings. The van der Waals surface area contributed by atoms with Gasteiger partial charge in [-0.15, -0.1) is 11.3 Å². The molecule has 4 nitrogen and oxygen atoms in total. The Morgan fingerprint density at radius 2 is 1.95 bits per heavy atom. The van der Waals surface area contributed by atoms with Crippen LogP contribution in [0, 0.1) is 5.82 Å². The first-order valence-corrected chi connectivity index (χ1v) is 7.14. The zero-order valence-electron chi connectivity index (χ0n) is 11.5. The minimum absolute atomic E-state index is 0.0863. The lowest BCUT2D eigenvalue weighted by Crippen LogP contribution is -1.96. The Labute approximate surface area is 124 Å². The van der Waals surface area contributed by atoms with Gasteiger partial charge in [0.15, 0.2) is 10.8 Å². The fourth-order valence-electron chi connectivity index (χ4n) is 2.05. The van der Waals surface area contributed by atoms with Gasteiger partial charge in [0.25, 0.3) is 0 Å². The molecule has 3 aromatic rings. The summed E-state index contributed by atoms with van der Waals surface area (Å²) in [5.41, 5.74) is 2.34. The van der Waals surface area contributed by atoms with Gasteiger partial charge < -0.3 is 0 Å². The molecule has 0 saturated carbocycles. The number of halogens is 1. The third-order valence-corrected chi connectivity index (χ3v) is 4.30. The molecule has 1 aromatic carbocycles. The summed E-state index contributed by atoms with van der Waals surface area (Å²) < 4.78 is 14.8. The Kier molecular flexibility index (Phi) is 3.39. The van der Waals surface area contributed by atoms with Gasteiger partial charge in [0.2, 0.25) is 0 Å². The van der Waals surface area contributed by atoms with Crippen LogP contribution in [0.5, 0.6) is 0 Å². The lowest BCUT2D eigenvalue weighted by Gasteiger charge is -2.03. The van der Waals surface area contributed by atoms with Crippen LogP contribution in [-0.2, 0) is 7.05 Å². The summed E-state index contributed by atoms with van der Waals surface area (Å²) >= 11 is 1.31. The normalized spacial score (nSPS) is 10.8. The summed E-state index contributed by atoms with van der Waals surface area (Å²) in [7, 11) is 1.82. The van der Waals surface area contributed by atoms with E-state index in [9.17, 15) is 9.18 Å². The van der Waals surface area contributed by atoms with Crippen molar-refractivity contribution >= 4 is 17.1 Å². The summed E-state index contributed by atoms with van der Waals surface area (Å²) in [6.07, 6.45) is 1.68. The van der Waals surface area contributed by atoms with Crippen molar-refractivity contribution in [1.82, 2.24) is 14.8 Å². The van der Waals surface area contributed by atoms with E-state index in [2.05, 4.69) is 10.1 Å². The molecule has 2 aromatic heterocycles. The van der Waals surface area contributed by atoms with Crippen LogP contribution >= 0.6 is 11.3 Å². The number of rotatable bonds is 3. The van der Waals surface area contributed by atoms with Crippen LogP contribution in [-0.4, -0.2) is 20.5 Å². The van der Waals surface area contributed by atoms with Gasteiger partial charge in [-0.2, -0.15) is 5.10 Å². The standard InChI is InChI=1S/C15H12FN3OS/c1-9(20)15-18-13(12-7-8-17-19(12)2)14(21-15)10-3-5-11(16)6-4-10/h3-8H,1-2H3. The molecule has 0 spiro atoms. The minimum Gasteiger partial charge on any atom is -0.292 e. The van der Waals surface area contributed by atoms with Crippen LogP contribution in [0.25, 0.3) is 21.8 Å². The molecule has 0 radical (unpaired) electrons. The molecule has 0 bridgehead atoms. The smallest absolute Gasteiger partial charge is 0.188 e. The number of aromatic nitrogens is 3. The van der Waals surface area contributed by atoms with E-state index in [1.165, 1.54) is 30.4 Å². The van der Waals surface area contributed by atoms with Crippen molar-refractivity contribution in [2.45, 2.75) is 6.92 Å². The molecule has 21 heavy (non-hydrogen) atoms. The van der Waals surface area contributed by atoms with E-state index in [-0.39, 0.29) is 11.6 Å². The molecule has 0 amide bonds. The molecule has 106 valence electrons. The molecular formula is C15H12FN3OS. The highest BCUT2D eigenvalue weighted by Crippen LogP contribution is 2.36. The van der Waals surface area contributed by atoms with Gasteiger partial charge in [0.05, 0.1) is 10.6 Å². The third kappa shape index (κ3) is 2.50. The SMILES string of the molecule is CC(=O)c1nc(-c2ccnn2C)c(-c2ccc(F)cc2)s1. The Balaban J connectivity index is 2.21. The number of thiazole rings is 1. The topological polar surface area (TPSA) is 47.8 Å². The quantitative estimate of drug-likeness (QED) is 0.695. The maximum atomic E-state index is 13.1. The van der Waals surface area contributed by atoms with Crippen LogP contribution in [0.3, 0.4) is 0 Å². The number of aryl methyl sites for hydroxylation is 1. The number of carbonyl (C=O) groups is 1. The zero-order chi connectivity index (χ0) is 15.0. The van der Waals surface area contributed by atoms with E-state index in [1.807, 2.05) is 13.1 Å². The second-order valence-corrected chi connectivity index (χ2v) is 5.60. The van der Waals surface area contributed by atoms with Crippen molar-refractivity contribution in [3.05, 3.63) is 47.4 Å². The largest absolute Gasteiger partial charge is 0.292 e. The van der Waals surface area contributed by atoms with Crippen LogP contribution < -0.4 is 0 Å². The van der Waals surface area contributed by atoms with Crippen molar-refractivity contribution in [2.75, 3.05) is 0 Å². The molecule has 0 atom stereocenters. The van der Waals surface area contributed by atoms with Crippen LogP contribution in [0.1, 0.15) is 16.7 Å². The van der Waals surface area contributed by atoms with E-state index in [0.717, 1.165) is 16.1 Å². The number of nitrogens with zero attached hydrogens (tertiary/aromatic N) is 3. The number of hydrogen-bond donors (Lipinski definition) is 0. The number of Topliss-reactive ketones (excluding diaryl/α,β-unsaturated/α-hetero) is 1. The van der Waals surface area contributed by atoms with Crippen molar-refractivity contribution in [3.63, 3.8) is 0 Å². The van der Waals surface area contributed by atoms with Gasteiger partial charge in [-0.1, -0.05) is 12.1 Å². The van der Waals surface area contributed by atoms with Gasteiger partial charge in [-0.05, 0) is 23.8 Å². The Morgan fingerprint density at radius 3 is 2.52 bits per heavy atom. The average Bonchev–Trinajstić information content (AvgIpc) is 3.05. The van der Waals surface area contributed by atoms with Crippen molar-refractivity contribution in [1.29, 1.82) is 0 Å². The van der Waals surface area contributed by atoms with Gasteiger partial charge >= 0.3 is 0 Å². The molecule has 0 N–H and O–H groups in total. The first-order valence-electron chi connectivity index (χ1n) is 6.32. The maximum Gasteiger partial charge on any atom is 0.188 e. The van der Waals surface area contributed by atoms with Gasteiger partial charge in [-0.3, -0.25) is 9.48 Å². The van der Waals surface area contributed by atoms with Gasteiger partial charge in [0, 0.05) is 20.2 Å². The van der Waals surface area contributed by atoms with Crippen LogP contribution in [0.4, 0.5) is 4.39 Å². The number of benzene rings is 1. The summed E-state index contributed by atoms with van der Waals surface area (Å²) in [5, 5.41) is 4.57. The van der Waals surface area contributed by atoms with E-state index in [4.69, 9.17) is 0 Å². The Hall–Kier alpha value is -2.34. The fraction of sp³-hybridized carbons (Fsp3) is 0.133. The van der Waals surface area contributed by atoms with E-state index in [1.54, 1.807) is 23.0 Å². The number of ketones is 1. The minimum atomic E-state index is -0.294. The Bertz CT molecular complexity index is 805. The van der Waals surface area contributed by atoms with Crippen LogP contribution in [0.2, 0.25) is 0 Å². The first kappa shape index (κ1) is 13.6. The molecule has 3 rings (SSSR count). The predicted molar refractivity (Wildman–Crippen MR) is 79.7 cm³/mol. The molecular weight excluding hydrogens is 289 g/mol. The molecule has 6 heteroatoms. The highest BCUT2D eigenvalue weighted by Gasteiger charge is 2.19. The summed E-state index contributed by atoms with van der Waals surface area (Å²) in [6.45, 7) is 1.49. The number of carbonyl (C=O) groups excluding carboxylic acids is 1. The summed E-state index contributed by atoms with van der Waals surface area (Å²) in [5.74, 6) is -0.381. The molecule has 0 unspecified atom stereocenters. The van der Waals surface area contributed by atoms with Gasteiger partial charge in [-0.25, -0.2) is 9.37 Å². The maximum absolute atomic E-state index is 13.1. The molecule has 2 heterocycles. The number of hydrogen-bond acceptors (Lipinski definition) is 4. The van der Waals surface area contributed by atoms with E-state index in [0.29, 0.717) is 10.7 Å². The third-order valence-electron chi connectivity index (χ3n) is 3.10. The molecule has 0 aliphatic carbocycles. The van der Waals surface area contributed by atoms with E-state index >= 15 is 0 Å². The highest BCUT2D eigenvalue weighted by molar-refractivity contribution is 7.17. The van der Waals surface area contributed by atoms with E-state index < -0.39 is 0 Å². The second-order valence-electron chi connectivity index (χ2n) is 4.60. The zero-order valence-corrected chi connectivity index (χ0v) is 12.3. The van der Waals surface area contributed by atoms with Gasteiger partial charge in [0.1, 0.15) is 11.5 Å². The predicted octanol–water partition coefficient (Wildman–Crippen LogP) is 3.55. The fourth-order valence-corrected chi connectivity index (χ4v) is 3.02. The molecule has 0 saturated heterocycles. The lowest BCUT2D eigenvalue weighted by atomic mass is 10.1. The monoisotopic (exact) mass is 301 g/mol. The highest BCUT2D eigenvalue weighted by atomic mass is 32.1. The Morgan fingerprint density at radius 1 is 1.24 bits per heavy atom. The van der Waals surface area contributed by atoms with Crippen LogP contribution in [0.15, 0.2) is 36.5 Å². The molecule has 0 aliphatic heterocycles. The molecule has 0 fully saturated rings. The summed E-state index contributed by atoms with van der Waals surface area (Å²) in [6, 6.07) is 8.01. The average molecular weight is 301 g/mol. The first-order chi connectivity index (χ1) is 10.1. The second kappa shape index (κ2) is 5.21. The van der Waals surface area contributed by atoms with Crippen molar-refractivity contribution in [2.24, 2.45) is 7.05 Å². The van der Waals surface area contributed by atoms with Crippen molar-refractivity contribution in [3.8, 4) is 21.8 Å². The summed E-state index contributed by atoms with van der Waals surface area (Å²) in [4.78, 5) is 16.9. The lowest BCUT2D eigenvalue weighted by molar-refractivity contribution is 0.101. The van der Waals surface area contributed by atoms with Crippen molar-refractivity contribution < 1.29 is 9.18 Å².